The van der Waals surface area contributed by atoms with Crippen LogP contribution in [0, 0.1) is 17.3 Å². The van der Waals surface area contributed by atoms with E-state index in [2.05, 4.69) is 31.2 Å². The third-order valence-electron chi connectivity index (χ3n) is 5.67. The Morgan fingerprint density at radius 3 is 2.46 bits per heavy atom. The number of aromatic nitrogens is 2. The minimum atomic E-state index is 0.190. The van der Waals surface area contributed by atoms with E-state index in [9.17, 15) is 4.79 Å². The number of rotatable bonds is 5. The first-order chi connectivity index (χ1) is 12.4. The number of amides is 1. The minimum absolute atomic E-state index is 0.190. The van der Waals surface area contributed by atoms with Crippen LogP contribution in [0.25, 0.3) is 5.69 Å². The molecule has 0 radical (unpaired) electrons. The fraction of sp³-hybridized carbons (Fsp3) is 0.545. The zero-order chi connectivity index (χ0) is 18.6. The van der Waals surface area contributed by atoms with E-state index >= 15 is 0 Å². The Kier molecular flexibility index (Phi) is 5.80. The van der Waals surface area contributed by atoms with Gasteiger partial charge in [-0.1, -0.05) is 39.0 Å². The molecule has 1 aliphatic rings. The third kappa shape index (κ3) is 4.75. The largest absolute Gasteiger partial charge is 0.355 e. The monoisotopic (exact) mass is 353 g/mol. The van der Waals surface area contributed by atoms with Crippen molar-refractivity contribution in [3.05, 3.63) is 48.3 Å². The van der Waals surface area contributed by atoms with Crippen molar-refractivity contribution in [3.63, 3.8) is 0 Å². The fourth-order valence-electron chi connectivity index (χ4n) is 3.90. The molecular weight excluding hydrogens is 322 g/mol. The van der Waals surface area contributed by atoms with Crippen molar-refractivity contribution in [2.45, 2.75) is 52.9 Å². The van der Waals surface area contributed by atoms with Crippen molar-refractivity contribution in [2.75, 3.05) is 6.54 Å². The van der Waals surface area contributed by atoms with E-state index < -0.39 is 0 Å². The molecule has 0 unspecified atom stereocenters. The van der Waals surface area contributed by atoms with Crippen LogP contribution in [-0.2, 0) is 11.2 Å². The molecule has 0 bridgehead atoms. The minimum Gasteiger partial charge on any atom is -0.355 e. The van der Waals surface area contributed by atoms with Crippen LogP contribution in [-0.4, -0.2) is 22.2 Å². The lowest BCUT2D eigenvalue weighted by Gasteiger charge is -2.36. The molecule has 4 nitrogen and oxygen atoms in total. The van der Waals surface area contributed by atoms with Gasteiger partial charge in [-0.05, 0) is 55.2 Å². The van der Waals surface area contributed by atoms with Crippen molar-refractivity contribution >= 4 is 5.91 Å². The molecule has 1 N–H and O–H groups in total. The molecule has 1 aliphatic carbocycles. The summed E-state index contributed by atoms with van der Waals surface area (Å²) in [6.45, 7) is 7.59. The second kappa shape index (κ2) is 8.07. The summed E-state index contributed by atoms with van der Waals surface area (Å²) in [5, 5.41) is 7.71. The smallest absolute Gasteiger partial charge is 0.223 e. The van der Waals surface area contributed by atoms with Gasteiger partial charge in [0.1, 0.15) is 0 Å². The van der Waals surface area contributed by atoms with Crippen LogP contribution in [0.5, 0.6) is 0 Å². The predicted molar refractivity (Wildman–Crippen MR) is 105 cm³/mol. The van der Waals surface area contributed by atoms with Crippen molar-refractivity contribution < 1.29 is 4.79 Å². The van der Waals surface area contributed by atoms with Gasteiger partial charge in [-0.2, -0.15) is 5.10 Å². The number of nitrogens with one attached hydrogen (secondary N) is 1. The third-order valence-corrected chi connectivity index (χ3v) is 5.67. The van der Waals surface area contributed by atoms with Crippen molar-refractivity contribution in [1.29, 1.82) is 0 Å². The van der Waals surface area contributed by atoms with E-state index in [1.54, 1.807) is 0 Å². The van der Waals surface area contributed by atoms with Crippen LogP contribution in [0.1, 0.15) is 52.1 Å². The molecule has 1 saturated carbocycles. The summed E-state index contributed by atoms with van der Waals surface area (Å²) >= 11 is 0. The molecule has 1 aromatic heterocycles. The predicted octanol–water partition coefficient (Wildman–Crippen LogP) is 4.38. The Morgan fingerprint density at radius 2 is 1.81 bits per heavy atom. The maximum atomic E-state index is 12.4. The highest BCUT2D eigenvalue weighted by atomic mass is 16.1. The standard InChI is InChI=1S/C22H31N3O/c1-22(2,3)18-11-9-17(10-12-18)21(26)23-15-13-19-14-16-25(24-19)20-7-5-4-6-8-20/h4-8,14,16-18H,9-13,15H2,1-3H3,(H,23,26). The lowest BCUT2D eigenvalue weighted by molar-refractivity contribution is -0.126. The first-order valence-electron chi connectivity index (χ1n) is 9.81. The molecule has 0 atom stereocenters. The number of para-hydroxylation sites is 1. The Bertz CT molecular complexity index is 706. The number of nitrogens with zero attached hydrogens (tertiary/aromatic N) is 2. The Balaban J connectivity index is 1.43. The number of benzene rings is 1. The van der Waals surface area contributed by atoms with E-state index in [4.69, 9.17) is 0 Å². The van der Waals surface area contributed by atoms with Gasteiger partial charge in [0.05, 0.1) is 11.4 Å². The van der Waals surface area contributed by atoms with Crippen molar-refractivity contribution in [3.8, 4) is 5.69 Å². The van der Waals surface area contributed by atoms with E-state index in [0.717, 1.165) is 36.6 Å². The molecule has 3 rings (SSSR count). The van der Waals surface area contributed by atoms with Crippen LogP contribution in [0.4, 0.5) is 0 Å². The Morgan fingerprint density at radius 1 is 1.12 bits per heavy atom. The Labute approximate surface area is 157 Å². The summed E-state index contributed by atoms with van der Waals surface area (Å²) in [7, 11) is 0. The molecular formula is C22H31N3O. The highest BCUT2D eigenvalue weighted by molar-refractivity contribution is 5.78. The van der Waals surface area contributed by atoms with Gasteiger partial charge in [-0.3, -0.25) is 4.79 Å². The number of hydrogen-bond donors (Lipinski definition) is 1. The molecule has 0 saturated heterocycles. The first kappa shape index (κ1) is 18.7. The normalized spacial score (nSPS) is 20.7. The van der Waals surface area contributed by atoms with Crippen LogP contribution in [0.2, 0.25) is 0 Å². The molecule has 1 heterocycles. The highest BCUT2D eigenvalue weighted by Gasteiger charge is 2.32. The molecule has 1 aromatic carbocycles. The van der Waals surface area contributed by atoms with E-state index in [1.807, 2.05) is 47.3 Å². The Hall–Kier alpha value is -2.10. The molecule has 1 fully saturated rings. The summed E-state index contributed by atoms with van der Waals surface area (Å²) in [5.74, 6) is 1.16. The van der Waals surface area contributed by atoms with Crippen LogP contribution < -0.4 is 5.32 Å². The van der Waals surface area contributed by atoms with Gasteiger partial charge in [-0.15, -0.1) is 0 Å². The molecule has 0 aliphatic heterocycles. The van der Waals surface area contributed by atoms with Gasteiger partial charge >= 0.3 is 0 Å². The van der Waals surface area contributed by atoms with Crippen LogP contribution >= 0.6 is 0 Å². The topological polar surface area (TPSA) is 46.9 Å². The number of hydrogen-bond acceptors (Lipinski definition) is 2. The van der Waals surface area contributed by atoms with E-state index in [-0.39, 0.29) is 11.8 Å². The maximum Gasteiger partial charge on any atom is 0.223 e. The second-order valence-electron chi connectivity index (χ2n) is 8.54. The number of carbonyl (C=O) groups excluding carboxylic acids is 1. The quantitative estimate of drug-likeness (QED) is 0.867. The lowest BCUT2D eigenvalue weighted by atomic mass is 9.69. The fourth-order valence-corrected chi connectivity index (χ4v) is 3.90. The van der Waals surface area contributed by atoms with Gasteiger partial charge in [0.2, 0.25) is 5.91 Å². The molecule has 4 heteroatoms. The highest BCUT2D eigenvalue weighted by Crippen LogP contribution is 2.39. The summed E-state index contributed by atoms with van der Waals surface area (Å²) in [5.41, 5.74) is 2.42. The van der Waals surface area contributed by atoms with Crippen LogP contribution in [0.15, 0.2) is 42.6 Å². The first-order valence-corrected chi connectivity index (χ1v) is 9.81. The molecule has 2 aromatic rings. The van der Waals surface area contributed by atoms with E-state index in [0.29, 0.717) is 12.0 Å². The zero-order valence-corrected chi connectivity index (χ0v) is 16.2. The second-order valence-corrected chi connectivity index (χ2v) is 8.54. The van der Waals surface area contributed by atoms with Gasteiger partial charge < -0.3 is 5.32 Å². The average Bonchev–Trinajstić information content (AvgIpc) is 3.11. The number of carbonyl (C=O) groups is 1. The maximum absolute atomic E-state index is 12.4. The summed E-state index contributed by atoms with van der Waals surface area (Å²) in [4.78, 5) is 12.4. The SMILES string of the molecule is CC(C)(C)C1CCC(C(=O)NCCc2ccn(-c3ccccc3)n2)CC1. The molecule has 0 spiro atoms. The van der Waals surface area contributed by atoms with Gasteiger partial charge in [0, 0.05) is 25.1 Å². The molecule has 26 heavy (non-hydrogen) atoms. The average molecular weight is 354 g/mol. The zero-order valence-electron chi connectivity index (χ0n) is 16.2. The molecule has 140 valence electrons. The van der Waals surface area contributed by atoms with Gasteiger partial charge in [0.25, 0.3) is 0 Å². The van der Waals surface area contributed by atoms with Crippen molar-refractivity contribution in [1.82, 2.24) is 15.1 Å². The van der Waals surface area contributed by atoms with E-state index in [1.165, 1.54) is 12.8 Å². The molecule has 1 amide bonds. The summed E-state index contributed by atoms with van der Waals surface area (Å²) in [6, 6.07) is 12.1. The summed E-state index contributed by atoms with van der Waals surface area (Å²) < 4.78 is 1.88. The van der Waals surface area contributed by atoms with Crippen molar-refractivity contribution in [2.24, 2.45) is 17.3 Å². The van der Waals surface area contributed by atoms with Gasteiger partial charge in [-0.25, -0.2) is 4.68 Å². The van der Waals surface area contributed by atoms with Gasteiger partial charge in [0.15, 0.2) is 0 Å². The lowest BCUT2D eigenvalue weighted by Crippen LogP contribution is -2.36. The summed E-state index contributed by atoms with van der Waals surface area (Å²) in [6.07, 6.45) is 7.13. The van der Waals surface area contributed by atoms with Crippen LogP contribution in [0.3, 0.4) is 0 Å².